The van der Waals surface area contributed by atoms with Crippen LogP contribution in [0.2, 0.25) is 0 Å². The number of unbranched alkanes of at least 4 members (excludes halogenated alkanes) is 2. The van der Waals surface area contributed by atoms with Gasteiger partial charge in [0.25, 0.3) is 0 Å². The summed E-state index contributed by atoms with van der Waals surface area (Å²) in [6.45, 7) is 8.29. The van der Waals surface area contributed by atoms with Crippen LogP contribution in [0.1, 0.15) is 56.3 Å². The summed E-state index contributed by atoms with van der Waals surface area (Å²) >= 11 is 0. The molecule has 0 radical (unpaired) electrons. The van der Waals surface area contributed by atoms with Gasteiger partial charge in [-0.1, -0.05) is 50.6 Å². The Bertz CT molecular complexity index is 683. The first-order valence-electron chi connectivity index (χ1n) is 9.83. The monoisotopic (exact) mass is 384 g/mol. The van der Waals surface area contributed by atoms with Crippen LogP contribution in [0.15, 0.2) is 60.7 Å². The summed E-state index contributed by atoms with van der Waals surface area (Å²) in [5.74, 6) is 0.113. The molecule has 0 fully saturated rings. The van der Waals surface area contributed by atoms with E-state index in [0.29, 0.717) is 17.9 Å². The van der Waals surface area contributed by atoms with E-state index in [0.717, 1.165) is 24.8 Å². The van der Waals surface area contributed by atoms with E-state index < -0.39 is 0 Å². The highest BCUT2D eigenvalue weighted by atomic mass is 16.5. The predicted octanol–water partition coefficient (Wildman–Crippen LogP) is 5.70. The van der Waals surface area contributed by atoms with E-state index in [1.807, 2.05) is 25.2 Å². The van der Waals surface area contributed by atoms with Crippen molar-refractivity contribution in [1.82, 2.24) is 0 Å². The van der Waals surface area contributed by atoms with Crippen molar-refractivity contribution in [3.05, 3.63) is 66.3 Å². The maximum atomic E-state index is 12.8. The fraction of sp³-hybridized carbons (Fsp3) is 0.417. The third-order valence-electron chi connectivity index (χ3n) is 4.46. The molecule has 1 rings (SSSR count). The first kappa shape index (κ1) is 23.4. The summed E-state index contributed by atoms with van der Waals surface area (Å²) < 4.78 is 10.5. The van der Waals surface area contributed by atoms with Gasteiger partial charge in [0.05, 0.1) is 20.1 Å². The molecule has 0 heterocycles. The van der Waals surface area contributed by atoms with Crippen molar-refractivity contribution in [1.29, 1.82) is 0 Å². The summed E-state index contributed by atoms with van der Waals surface area (Å²) in [6, 6.07) is 7.00. The number of methoxy groups -OCH3 is 1. The van der Waals surface area contributed by atoms with Crippen molar-refractivity contribution in [3.63, 3.8) is 0 Å². The third-order valence-corrected chi connectivity index (χ3v) is 4.46. The first-order valence-corrected chi connectivity index (χ1v) is 9.83. The Kier molecular flexibility index (Phi) is 11.3. The molecular weight excluding hydrogens is 352 g/mol. The number of benzene rings is 1. The van der Waals surface area contributed by atoms with E-state index >= 15 is 0 Å². The van der Waals surface area contributed by atoms with Crippen LogP contribution >= 0.6 is 0 Å². The molecule has 4 nitrogen and oxygen atoms in total. The Hall–Kier alpha value is -2.62. The molecule has 4 heteroatoms. The summed E-state index contributed by atoms with van der Waals surface area (Å²) in [7, 11) is 1.58. The van der Waals surface area contributed by atoms with E-state index in [1.54, 1.807) is 37.5 Å². The topological polar surface area (TPSA) is 52.6 Å². The molecular formula is C24H32O4. The van der Waals surface area contributed by atoms with Gasteiger partial charge in [0.1, 0.15) is 5.75 Å². The molecule has 0 aliphatic rings. The van der Waals surface area contributed by atoms with Crippen LogP contribution in [0.5, 0.6) is 5.75 Å². The van der Waals surface area contributed by atoms with Crippen molar-refractivity contribution < 1.29 is 19.1 Å². The highest BCUT2D eigenvalue weighted by molar-refractivity contribution is 5.96. The standard InChI is InChI=1S/C24H32O4/c1-5-8-10-16-28-24(26)18-21(19(7-3)11-9-6-2)17-23(25)20-12-14-22(27-4)15-13-20/h6-7,9,11-15,21H,3,5,8,10,16-18H2,1-2,4H3. The molecule has 0 aliphatic carbocycles. The molecule has 0 amide bonds. The van der Waals surface area contributed by atoms with E-state index in [-0.39, 0.29) is 30.5 Å². The van der Waals surface area contributed by atoms with Gasteiger partial charge in [-0.25, -0.2) is 0 Å². The van der Waals surface area contributed by atoms with Crippen LogP contribution in [0.4, 0.5) is 0 Å². The second-order valence-corrected chi connectivity index (χ2v) is 6.58. The minimum Gasteiger partial charge on any atom is -0.497 e. The first-order chi connectivity index (χ1) is 13.5. The number of hydrogen-bond donors (Lipinski definition) is 0. The van der Waals surface area contributed by atoms with Gasteiger partial charge in [-0.3, -0.25) is 9.59 Å². The van der Waals surface area contributed by atoms with Crippen LogP contribution in [-0.4, -0.2) is 25.5 Å². The van der Waals surface area contributed by atoms with Crippen LogP contribution in [0, 0.1) is 5.92 Å². The maximum Gasteiger partial charge on any atom is 0.306 e. The zero-order valence-electron chi connectivity index (χ0n) is 17.3. The van der Waals surface area contributed by atoms with E-state index in [1.165, 1.54) is 0 Å². The number of rotatable bonds is 13. The second kappa shape index (κ2) is 13.5. The van der Waals surface area contributed by atoms with E-state index in [9.17, 15) is 9.59 Å². The lowest BCUT2D eigenvalue weighted by Gasteiger charge is -2.17. The molecule has 0 bridgehead atoms. The molecule has 0 aromatic heterocycles. The number of hydrogen-bond acceptors (Lipinski definition) is 4. The Balaban J connectivity index is 2.88. The summed E-state index contributed by atoms with van der Waals surface area (Å²) in [5, 5.41) is 0. The van der Waals surface area contributed by atoms with Crippen molar-refractivity contribution in [2.24, 2.45) is 5.92 Å². The molecule has 0 spiro atoms. The van der Waals surface area contributed by atoms with Gasteiger partial charge in [-0.15, -0.1) is 0 Å². The Labute approximate surface area is 168 Å². The third kappa shape index (κ3) is 8.38. The number of ketones is 1. The number of esters is 1. The average molecular weight is 385 g/mol. The Morgan fingerprint density at radius 1 is 1.14 bits per heavy atom. The van der Waals surface area contributed by atoms with Crippen molar-refractivity contribution in [3.8, 4) is 5.75 Å². The summed E-state index contributed by atoms with van der Waals surface area (Å²) in [6.07, 6.45) is 10.7. The molecule has 1 atom stereocenters. The zero-order chi connectivity index (χ0) is 20.8. The van der Waals surface area contributed by atoms with Gasteiger partial charge in [0.2, 0.25) is 0 Å². The Morgan fingerprint density at radius 3 is 2.43 bits per heavy atom. The SMILES string of the molecule is C=CC(=CC=CC)C(CC(=O)OCCCCC)CC(=O)c1ccc(OC)cc1. The smallest absolute Gasteiger partial charge is 0.306 e. The molecule has 0 N–H and O–H groups in total. The van der Waals surface area contributed by atoms with E-state index in [4.69, 9.17) is 9.47 Å². The number of allylic oxidation sites excluding steroid dienone is 5. The zero-order valence-corrected chi connectivity index (χ0v) is 17.3. The lowest BCUT2D eigenvalue weighted by Crippen LogP contribution is -2.17. The fourth-order valence-corrected chi connectivity index (χ4v) is 2.80. The van der Waals surface area contributed by atoms with Crippen LogP contribution < -0.4 is 4.74 Å². The molecule has 0 saturated carbocycles. The number of Topliss-reactive ketones (excluding diaryl/α,β-unsaturated/α-hetero) is 1. The Morgan fingerprint density at radius 2 is 1.86 bits per heavy atom. The maximum absolute atomic E-state index is 12.8. The van der Waals surface area contributed by atoms with Gasteiger partial charge in [0, 0.05) is 17.9 Å². The molecule has 28 heavy (non-hydrogen) atoms. The van der Waals surface area contributed by atoms with Gasteiger partial charge in [-0.05, 0) is 43.2 Å². The summed E-state index contributed by atoms with van der Waals surface area (Å²) in [4.78, 5) is 25.0. The molecule has 0 aliphatic heterocycles. The quantitative estimate of drug-likeness (QED) is 0.190. The minimum atomic E-state index is -0.281. The van der Waals surface area contributed by atoms with Crippen LogP contribution in [0.25, 0.3) is 0 Å². The van der Waals surface area contributed by atoms with Crippen LogP contribution in [-0.2, 0) is 9.53 Å². The largest absolute Gasteiger partial charge is 0.497 e. The average Bonchev–Trinajstić information content (AvgIpc) is 2.71. The lowest BCUT2D eigenvalue weighted by molar-refractivity contribution is -0.144. The highest BCUT2D eigenvalue weighted by Gasteiger charge is 2.22. The molecule has 1 aromatic rings. The predicted molar refractivity (Wildman–Crippen MR) is 114 cm³/mol. The van der Waals surface area contributed by atoms with Gasteiger partial charge in [0.15, 0.2) is 5.78 Å². The summed E-state index contributed by atoms with van der Waals surface area (Å²) in [5.41, 5.74) is 1.45. The number of carbonyl (C=O) groups excluding carboxylic acids is 2. The van der Waals surface area contributed by atoms with Gasteiger partial charge >= 0.3 is 5.97 Å². The van der Waals surface area contributed by atoms with Crippen molar-refractivity contribution in [2.75, 3.05) is 13.7 Å². The molecule has 0 saturated heterocycles. The lowest BCUT2D eigenvalue weighted by atomic mass is 9.88. The molecule has 1 aromatic carbocycles. The number of carbonyl (C=O) groups is 2. The minimum absolute atomic E-state index is 0.0281. The number of ether oxygens (including phenoxy) is 2. The van der Waals surface area contributed by atoms with Gasteiger partial charge in [-0.2, -0.15) is 0 Å². The molecule has 152 valence electrons. The van der Waals surface area contributed by atoms with Crippen LogP contribution in [0.3, 0.4) is 0 Å². The highest BCUT2D eigenvalue weighted by Crippen LogP contribution is 2.24. The second-order valence-electron chi connectivity index (χ2n) is 6.58. The normalized spacial score (nSPS) is 12.6. The fourth-order valence-electron chi connectivity index (χ4n) is 2.80. The van der Waals surface area contributed by atoms with Gasteiger partial charge < -0.3 is 9.47 Å². The van der Waals surface area contributed by atoms with Crippen molar-refractivity contribution >= 4 is 11.8 Å². The van der Waals surface area contributed by atoms with Crippen molar-refractivity contribution in [2.45, 2.75) is 46.0 Å². The molecule has 1 unspecified atom stereocenters. The van der Waals surface area contributed by atoms with E-state index in [2.05, 4.69) is 13.5 Å².